The highest BCUT2D eigenvalue weighted by molar-refractivity contribution is 7.92. The summed E-state index contributed by atoms with van der Waals surface area (Å²) < 4.78 is 93.3. The summed E-state index contributed by atoms with van der Waals surface area (Å²) in [5.41, 5.74) is 2.35. The number of carbonyl (C=O) groups excluding carboxylic acids is 1. The summed E-state index contributed by atoms with van der Waals surface area (Å²) in [5.74, 6) is -2.35. The Bertz CT molecular complexity index is 2360. The van der Waals surface area contributed by atoms with Crippen molar-refractivity contribution >= 4 is 31.6 Å². The second kappa shape index (κ2) is 15.8. The molecule has 0 aliphatic carbocycles. The molecule has 1 aliphatic heterocycles. The van der Waals surface area contributed by atoms with Crippen LogP contribution in [0.5, 0.6) is 0 Å². The van der Waals surface area contributed by atoms with E-state index in [-0.39, 0.29) is 21.8 Å². The molecule has 5 aromatic carbocycles. The van der Waals surface area contributed by atoms with Crippen molar-refractivity contribution in [1.29, 1.82) is 0 Å². The molecule has 2 N–H and O–H groups in total. The molecule has 55 heavy (non-hydrogen) atoms. The predicted molar refractivity (Wildman–Crippen MR) is 202 cm³/mol. The zero-order valence-corrected chi connectivity index (χ0v) is 31.1. The molecule has 1 saturated heterocycles. The van der Waals surface area contributed by atoms with E-state index in [4.69, 9.17) is 0 Å². The number of nitrogens with zero attached hydrogens (tertiary/aromatic N) is 1. The van der Waals surface area contributed by atoms with E-state index in [1.165, 1.54) is 36.4 Å². The van der Waals surface area contributed by atoms with Crippen molar-refractivity contribution in [3.05, 3.63) is 144 Å². The molecule has 0 saturated carbocycles. The summed E-state index contributed by atoms with van der Waals surface area (Å²) in [6.45, 7) is 0.409. The Hall–Kier alpha value is -5.31. The minimum atomic E-state index is -4.59. The first-order valence-corrected chi connectivity index (χ1v) is 20.7. The van der Waals surface area contributed by atoms with Gasteiger partial charge in [0.25, 0.3) is 5.91 Å². The lowest BCUT2D eigenvalue weighted by molar-refractivity contribution is -0.142. The number of carbonyl (C=O) groups is 2. The van der Waals surface area contributed by atoms with Crippen LogP contribution in [0.15, 0.2) is 137 Å². The minimum Gasteiger partial charge on any atom is -0.480 e. The summed E-state index contributed by atoms with van der Waals surface area (Å²) in [6, 6.07) is 28.7. The summed E-state index contributed by atoms with van der Waals surface area (Å²) in [5, 5.41) is 12.2. The van der Waals surface area contributed by atoms with Gasteiger partial charge < -0.3 is 15.3 Å². The number of hydrogen-bond donors (Lipinski definition) is 2. The third kappa shape index (κ3) is 8.82. The van der Waals surface area contributed by atoms with E-state index in [0.717, 1.165) is 58.7 Å². The summed E-state index contributed by atoms with van der Waals surface area (Å²) in [6.07, 6.45) is -2.96. The predicted octanol–water partition coefficient (Wildman–Crippen LogP) is 7.13. The van der Waals surface area contributed by atoms with E-state index in [2.05, 4.69) is 5.32 Å². The van der Waals surface area contributed by atoms with Crippen LogP contribution in [-0.2, 0) is 37.1 Å². The Morgan fingerprint density at radius 2 is 1.25 bits per heavy atom. The van der Waals surface area contributed by atoms with Gasteiger partial charge in [-0.2, -0.15) is 13.2 Å². The van der Waals surface area contributed by atoms with Gasteiger partial charge in [0, 0.05) is 24.3 Å². The molecule has 0 radical (unpaired) electrons. The van der Waals surface area contributed by atoms with Crippen molar-refractivity contribution in [2.75, 3.05) is 12.8 Å². The normalized spacial score (nSPS) is 16.0. The second-order valence-corrected chi connectivity index (χ2v) is 17.4. The van der Waals surface area contributed by atoms with Crippen LogP contribution in [0.3, 0.4) is 0 Å². The van der Waals surface area contributed by atoms with E-state index >= 15 is 0 Å². The van der Waals surface area contributed by atoms with Crippen LogP contribution in [0.2, 0.25) is 0 Å². The van der Waals surface area contributed by atoms with Gasteiger partial charge in [-0.3, -0.25) is 4.79 Å². The SMILES string of the molecule is CS(=O)(=O)c1ccc(S(=O)(=O)C([C@@H]2CCCN2)N(C(=O)c2ccc(-c3ccc(C(F)(F)F)cc3)cc2)[C@@H](Cc2ccc(-c3ccccc3)cc2)C(=O)O)cc1. The maximum Gasteiger partial charge on any atom is 0.416 e. The number of alkyl halides is 3. The lowest BCUT2D eigenvalue weighted by Crippen LogP contribution is -2.60. The van der Waals surface area contributed by atoms with Crippen molar-refractivity contribution in [3.63, 3.8) is 0 Å². The fraction of sp³-hybridized carbons (Fsp3) is 0.220. The average Bonchev–Trinajstić information content (AvgIpc) is 3.70. The smallest absolute Gasteiger partial charge is 0.416 e. The topological polar surface area (TPSA) is 138 Å². The van der Waals surface area contributed by atoms with E-state index in [1.807, 2.05) is 42.5 Å². The van der Waals surface area contributed by atoms with Crippen LogP contribution in [0, 0.1) is 0 Å². The molecular weight excluding hydrogens is 754 g/mol. The number of carboxylic acid groups (broad SMARTS) is 1. The molecule has 0 bridgehead atoms. The van der Waals surface area contributed by atoms with Crippen LogP contribution in [0.25, 0.3) is 22.3 Å². The van der Waals surface area contributed by atoms with Crippen molar-refractivity contribution in [2.24, 2.45) is 0 Å². The third-order valence-electron chi connectivity index (χ3n) is 9.64. The Morgan fingerprint density at radius 3 is 1.75 bits per heavy atom. The molecule has 3 atom stereocenters. The monoisotopic (exact) mass is 790 g/mol. The zero-order valence-electron chi connectivity index (χ0n) is 29.5. The van der Waals surface area contributed by atoms with Gasteiger partial charge in [0.15, 0.2) is 15.2 Å². The lowest BCUT2D eigenvalue weighted by Gasteiger charge is -2.39. The van der Waals surface area contributed by atoms with Crippen LogP contribution in [-0.4, -0.2) is 69.0 Å². The quantitative estimate of drug-likeness (QED) is 0.136. The number of nitrogens with one attached hydrogen (secondary N) is 1. The number of amides is 1. The summed E-state index contributed by atoms with van der Waals surface area (Å²) in [4.78, 5) is 28.5. The zero-order chi connectivity index (χ0) is 39.5. The van der Waals surface area contributed by atoms with Gasteiger partial charge in [0.1, 0.15) is 6.04 Å². The van der Waals surface area contributed by atoms with Crippen molar-refractivity contribution in [2.45, 2.75) is 52.7 Å². The number of rotatable bonds is 12. The molecule has 1 fully saturated rings. The molecule has 1 aliphatic rings. The number of hydrogen-bond acceptors (Lipinski definition) is 7. The second-order valence-electron chi connectivity index (χ2n) is 13.4. The Morgan fingerprint density at radius 1 is 0.745 bits per heavy atom. The van der Waals surface area contributed by atoms with Crippen molar-refractivity contribution in [1.82, 2.24) is 10.2 Å². The van der Waals surface area contributed by atoms with Crippen molar-refractivity contribution < 1.29 is 44.7 Å². The van der Waals surface area contributed by atoms with Gasteiger partial charge in [-0.25, -0.2) is 21.6 Å². The average molecular weight is 791 g/mol. The molecule has 1 heterocycles. The standard InChI is InChI=1S/C41H37F3N2O7S2/c1-54(50,51)34-21-23-35(24-22-34)55(52,53)39(36-8-5-25-45-36)46(37(40(48)49)26-27-9-11-29(12-10-27)28-6-3-2-4-7-28)38(47)32-15-13-30(14-16-32)31-17-19-33(20-18-31)41(42,43)44/h2-4,6-7,9-24,36-37,39,45H,5,8,25-26H2,1H3,(H,48,49)/t36-,37-,39?/m0/s1. The molecule has 0 aromatic heterocycles. The molecule has 286 valence electrons. The molecule has 6 rings (SSSR count). The van der Waals surface area contributed by atoms with Crippen LogP contribution in [0.4, 0.5) is 13.2 Å². The molecule has 1 amide bonds. The first kappa shape index (κ1) is 39.4. The van der Waals surface area contributed by atoms with E-state index in [0.29, 0.717) is 36.1 Å². The summed E-state index contributed by atoms with van der Waals surface area (Å²) >= 11 is 0. The van der Waals surface area contributed by atoms with Crippen molar-refractivity contribution in [3.8, 4) is 22.3 Å². The molecular formula is C41H37F3N2O7S2. The number of halogens is 3. The highest BCUT2D eigenvalue weighted by Gasteiger charge is 2.47. The van der Waals surface area contributed by atoms with Gasteiger partial charge in [-0.15, -0.1) is 0 Å². The third-order valence-corrected chi connectivity index (χ3v) is 12.9. The Labute approximate surface area is 317 Å². The molecule has 1 unspecified atom stereocenters. The highest BCUT2D eigenvalue weighted by atomic mass is 32.2. The maximum absolute atomic E-state index is 14.8. The number of carboxylic acids is 1. The van der Waals surface area contributed by atoms with Crippen LogP contribution >= 0.6 is 0 Å². The maximum atomic E-state index is 14.8. The molecule has 9 nitrogen and oxygen atoms in total. The Kier molecular flexibility index (Phi) is 11.3. The highest BCUT2D eigenvalue weighted by Crippen LogP contribution is 2.33. The van der Waals surface area contributed by atoms with Gasteiger partial charge in [0.05, 0.1) is 15.4 Å². The van der Waals surface area contributed by atoms with Crippen LogP contribution in [0.1, 0.15) is 34.3 Å². The minimum absolute atomic E-state index is 0.0491. The molecule has 5 aromatic rings. The first-order valence-electron chi connectivity index (χ1n) is 17.3. The summed E-state index contributed by atoms with van der Waals surface area (Å²) in [7, 11) is -8.27. The largest absolute Gasteiger partial charge is 0.480 e. The van der Waals surface area contributed by atoms with E-state index in [1.54, 1.807) is 12.1 Å². The van der Waals surface area contributed by atoms with Crippen LogP contribution < -0.4 is 5.32 Å². The fourth-order valence-corrected chi connectivity index (χ4v) is 9.39. The Balaban J connectivity index is 1.44. The first-order chi connectivity index (χ1) is 26.0. The van der Waals surface area contributed by atoms with Gasteiger partial charge in [0.2, 0.25) is 9.84 Å². The van der Waals surface area contributed by atoms with Gasteiger partial charge in [-0.1, -0.05) is 78.9 Å². The van der Waals surface area contributed by atoms with E-state index in [9.17, 15) is 44.7 Å². The van der Waals surface area contributed by atoms with E-state index < -0.39 is 60.7 Å². The number of sulfone groups is 2. The number of benzene rings is 5. The van der Waals surface area contributed by atoms with Gasteiger partial charge >= 0.3 is 12.1 Å². The lowest BCUT2D eigenvalue weighted by atomic mass is 9.98. The molecule has 14 heteroatoms. The molecule has 0 spiro atoms. The fourth-order valence-electron chi connectivity index (χ4n) is 6.76. The van der Waals surface area contributed by atoms with Gasteiger partial charge in [-0.05, 0) is 95.7 Å². The number of aliphatic carboxylic acids is 1.